The van der Waals surface area contributed by atoms with E-state index in [1.807, 2.05) is 6.07 Å². The van der Waals surface area contributed by atoms with Crippen LogP contribution in [0.15, 0.2) is 23.8 Å². The Morgan fingerprint density at radius 2 is 1.96 bits per heavy atom. The Hall–Kier alpha value is -2.06. The lowest BCUT2D eigenvalue weighted by Gasteiger charge is -2.31. The van der Waals surface area contributed by atoms with Crippen molar-refractivity contribution in [2.75, 3.05) is 36.4 Å². The topological polar surface area (TPSA) is 74.2 Å². The standard InChI is InChI=1S/C19H26N6OS/c26-17(15-6-4-11-25(12-15)18-20-7-5-8-21-18)23-19-22-16(14-27-19)13-24-9-2-1-3-10-24/h5,7-8,14-15H,1-4,6,9-13H2,(H,22,23,26). The molecular formula is C19H26N6OS. The quantitative estimate of drug-likeness (QED) is 0.852. The normalized spacial score (nSPS) is 21.2. The van der Waals surface area contributed by atoms with Crippen LogP contribution >= 0.6 is 11.3 Å². The number of carbonyl (C=O) groups is 1. The lowest BCUT2D eigenvalue weighted by atomic mass is 9.97. The van der Waals surface area contributed by atoms with Crippen molar-refractivity contribution >= 4 is 28.3 Å². The zero-order chi connectivity index (χ0) is 18.5. The first-order valence-corrected chi connectivity index (χ1v) is 10.7. The Morgan fingerprint density at radius 1 is 1.15 bits per heavy atom. The first kappa shape index (κ1) is 18.3. The molecule has 7 nitrogen and oxygen atoms in total. The number of piperidine rings is 2. The van der Waals surface area contributed by atoms with Gasteiger partial charge in [0.05, 0.1) is 11.6 Å². The van der Waals surface area contributed by atoms with E-state index < -0.39 is 0 Å². The number of likely N-dealkylation sites (tertiary alicyclic amines) is 1. The van der Waals surface area contributed by atoms with Crippen LogP contribution in [-0.2, 0) is 11.3 Å². The van der Waals surface area contributed by atoms with E-state index in [0.29, 0.717) is 17.6 Å². The van der Waals surface area contributed by atoms with E-state index in [1.165, 1.54) is 30.6 Å². The van der Waals surface area contributed by atoms with Crippen LogP contribution in [0.5, 0.6) is 0 Å². The van der Waals surface area contributed by atoms with Crippen LogP contribution in [0.3, 0.4) is 0 Å². The van der Waals surface area contributed by atoms with Gasteiger partial charge in [-0.2, -0.15) is 0 Å². The highest BCUT2D eigenvalue weighted by molar-refractivity contribution is 7.13. The monoisotopic (exact) mass is 386 g/mol. The fraction of sp³-hybridized carbons (Fsp3) is 0.579. The third kappa shape index (κ3) is 4.81. The molecule has 1 N–H and O–H groups in total. The summed E-state index contributed by atoms with van der Waals surface area (Å²) in [6.07, 6.45) is 9.22. The van der Waals surface area contributed by atoms with Gasteiger partial charge in [-0.05, 0) is 44.8 Å². The summed E-state index contributed by atoms with van der Waals surface area (Å²) in [4.78, 5) is 30.5. The highest BCUT2D eigenvalue weighted by Crippen LogP contribution is 2.23. The number of aromatic nitrogens is 3. The highest BCUT2D eigenvalue weighted by atomic mass is 32.1. The van der Waals surface area contributed by atoms with Gasteiger partial charge in [0.25, 0.3) is 0 Å². The molecule has 4 heterocycles. The van der Waals surface area contributed by atoms with Gasteiger partial charge in [0.2, 0.25) is 11.9 Å². The fourth-order valence-electron chi connectivity index (χ4n) is 3.82. The highest BCUT2D eigenvalue weighted by Gasteiger charge is 2.27. The maximum Gasteiger partial charge on any atom is 0.231 e. The molecule has 2 aromatic heterocycles. The molecule has 0 spiro atoms. The Bertz CT molecular complexity index is 746. The Labute approximate surface area is 163 Å². The molecule has 2 aromatic rings. The number of nitrogens with zero attached hydrogens (tertiary/aromatic N) is 5. The number of rotatable bonds is 5. The summed E-state index contributed by atoms with van der Waals surface area (Å²) < 4.78 is 0. The van der Waals surface area contributed by atoms with Gasteiger partial charge in [0.1, 0.15) is 0 Å². The van der Waals surface area contributed by atoms with Crippen molar-refractivity contribution in [3.05, 3.63) is 29.5 Å². The average Bonchev–Trinajstić information content (AvgIpc) is 3.16. The van der Waals surface area contributed by atoms with Gasteiger partial charge < -0.3 is 10.2 Å². The molecule has 2 saturated heterocycles. The van der Waals surface area contributed by atoms with Crippen LogP contribution in [0.4, 0.5) is 11.1 Å². The van der Waals surface area contributed by atoms with E-state index in [-0.39, 0.29) is 11.8 Å². The summed E-state index contributed by atoms with van der Waals surface area (Å²) in [5, 5.41) is 5.80. The van der Waals surface area contributed by atoms with E-state index in [0.717, 1.165) is 44.7 Å². The summed E-state index contributed by atoms with van der Waals surface area (Å²) in [5.74, 6) is 0.694. The van der Waals surface area contributed by atoms with Gasteiger partial charge in [-0.3, -0.25) is 9.69 Å². The largest absolute Gasteiger partial charge is 0.340 e. The molecule has 2 fully saturated rings. The minimum Gasteiger partial charge on any atom is -0.340 e. The minimum atomic E-state index is -0.0583. The van der Waals surface area contributed by atoms with E-state index in [4.69, 9.17) is 0 Å². The van der Waals surface area contributed by atoms with Crippen molar-refractivity contribution in [1.29, 1.82) is 0 Å². The van der Waals surface area contributed by atoms with Gasteiger partial charge >= 0.3 is 0 Å². The molecule has 1 atom stereocenters. The predicted octanol–water partition coefficient (Wildman–Crippen LogP) is 2.77. The second-order valence-electron chi connectivity index (χ2n) is 7.30. The van der Waals surface area contributed by atoms with Crippen molar-refractivity contribution in [2.45, 2.75) is 38.6 Å². The second kappa shape index (κ2) is 8.75. The van der Waals surface area contributed by atoms with Crippen LogP contribution in [0, 0.1) is 5.92 Å². The molecule has 1 unspecified atom stereocenters. The number of anilines is 2. The zero-order valence-electron chi connectivity index (χ0n) is 15.5. The van der Waals surface area contributed by atoms with Crippen LogP contribution in [0.1, 0.15) is 37.8 Å². The molecule has 0 bridgehead atoms. The lowest BCUT2D eigenvalue weighted by Crippen LogP contribution is -2.41. The van der Waals surface area contributed by atoms with Crippen molar-refractivity contribution in [1.82, 2.24) is 19.9 Å². The molecule has 2 aliphatic rings. The average molecular weight is 387 g/mol. The van der Waals surface area contributed by atoms with E-state index in [1.54, 1.807) is 12.4 Å². The first-order chi connectivity index (χ1) is 13.3. The molecule has 0 aliphatic carbocycles. The summed E-state index contributed by atoms with van der Waals surface area (Å²) in [6, 6.07) is 1.81. The van der Waals surface area contributed by atoms with Gasteiger partial charge in [-0.25, -0.2) is 15.0 Å². The van der Waals surface area contributed by atoms with Crippen LogP contribution in [-0.4, -0.2) is 51.9 Å². The third-order valence-corrected chi connectivity index (χ3v) is 6.05. The van der Waals surface area contributed by atoms with Crippen molar-refractivity contribution in [3.63, 3.8) is 0 Å². The maximum absolute atomic E-state index is 12.7. The smallest absolute Gasteiger partial charge is 0.231 e. The Balaban J connectivity index is 1.32. The Morgan fingerprint density at radius 3 is 2.78 bits per heavy atom. The van der Waals surface area contributed by atoms with Crippen molar-refractivity contribution < 1.29 is 4.79 Å². The van der Waals surface area contributed by atoms with Crippen molar-refractivity contribution in [2.24, 2.45) is 5.92 Å². The molecule has 2 aliphatic heterocycles. The fourth-order valence-corrected chi connectivity index (χ4v) is 4.52. The molecular weight excluding hydrogens is 360 g/mol. The summed E-state index contributed by atoms with van der Waals surface area (Å²) >= 11 is 1.52. The van der Waals surface area contributed by atoms with E-state index in [9.17, 15) is 4.79 Å². The van der Waals surface area contributed by atoms with Gasteiger partial charge in [-0.1, -0.05) is 6.42 Å². The minimum absolute atomic E-state index is 0.0505. The second-order valence-corrected chi connectivity index (χ2v) is 8.16. The summed E-state index contributed by atoms with van der Waals surface area (Å²) in [7, 11) is 0. The SMILES string of the molecule is O=C(Nc1nc(CN2CCCCC2)cs1)C1CCCN(c2ncccn2)C1. The number of hydrogen-bond acceptors (Lipinski definition) is 7. The zero-order valence-corrected chi connectivity index (χ0v) is 16.3. The Kier molecular flexibility index (Phi) is 5.94. The van der Waals surface area contributed by atoms with Gasteiger partial charge in [0.15, 0.2) is 5.13 Å². The van der Waals surface area contributed by atoms with Gasteiger partial charge in [-0.15, -0.1) is 11.3 Å². The summed E-state index contributed by atoms with van der Waals surface area (Å²) in [5.41, 5.74) is 1.06. The van der Waals surface area contributed by atoms with Crippen LogP contribution < -0.4 is 10.2 Å². The molecule has 0 saturated carbocycles. The third-order valence-electron chi connectivity index (χ3n) is 5.24. The maximum atomic E-state index is 12.7. The van der Waals surface area contributed by atoms with E-state index >= 15 is 0 Å². The molecule has 0 aromatic carbocycles. The van der Waals surface area contributed by atoms with Crippen LogP contribution in [0.2, 0.25) is 0 Å². The predicted molar refractivity (Wildman–Crippen MR) is 107 cm³/mol. The summed E-state index contributed by atoms with van der Waals surface area (Å²) in [6.45, 7) is 4.74. The molecule has 8 heteroatoms. The van der Waals surface area contributed by atoms with E-state index in [2.05, 4.69) is 35.4 Å². The molecule has 27 heavy (non-hydrogen) atoms. The molecule has 144 valence electrons. The molecule has 1 amide bonds. The molecule has 0 radical (unpaired) electrons. The number of carbonyl (C=O) groups excluding carboxylic acids is 1. The molecule has 4 rings (SSSR count). The number of nitrogens with one attached hydrogen (secondary N) is 1. The lowest BCUT2D eigenvalue weighted by molar-refractivity contribution is -0.120. The number of amides is 1. The number of hydrogen-bond donors (Lipinski definition) is 1. The first-order valence-electron chi connectivity index (χ1n) is 9.77. The number of thiazole rings is 1. The van der Waals surface area contributed by atoms with Crippen molar-refractivity contribution in [3.8, 4) is 0 Å². The van der Waals surface area contributed by atoms with Crippen LogP contribution in [0.25, 0.3) is 0 Å². The van der Waals surface area contributed by atoms with Gasteiger partial charge in [0, 0.05) is 37.4 Å².